The molecule has 1 atom stereocenters. The highest BCUT2D eigenvalue weighted by Crippen LogP contribution is 2.43. The molecule has 0 spiro atoms. The maximum atomic E-state index is 13.3. The number of nitrogens with one attached hydrogen (secondary N) is 1. The molecule has 6 heteroatoms. The average molecular weight is 429 g/mol. The van der Waals surface area contributed by atoms with E-state index in [1.165, 1.54) is 4.90 Å². The lowest BCUT2D eigenvalue weighted by Gasteiger charge is -2.33. The summed E-state index contributed by atoms with van der Waals surface area (Å²) >= 11 is 3.50. The molecule has 5 nitrogen and oxygen atoms in total. The van der Waals surface area contributed by atoms with Crippen molar-refractivity contribution in [2.75, 3.05) is 16.8 Å². The number of nitrogens with zero attached hydrogens (tertiary/aromatic N) is 1. The number of hydrogen-bond donors (Lipinski definition) is 1. The molecule has 0 saturated heterocycles. The van der Waals surface area contributed by atoms with Crippen LogP contribution in [0.3, 0.4) is 0 Å². The van der Waals surface area contributed by atoms with Gasteiger partial charge in [-0.05, 0) is 61.0 Å². The van der Waals surface area contributed by atoms with Crippen LogP contribution in [0.5, 0.6) is 0 Å². The van der Waals surface area contributed by atoms with Gasteiger partial charge in [-0.3, -0.25) is 9.69 Å². The standard InChI is InChI=1S/C21H21BrN2O3/c1-4-27-20(26)21(3)18(22)17(23-15-12-10-14(2)11-13-15)19(25)24(21)16-8-6-5-7-9-16/h5-13,23H,4H2,1-3H3/t21-/m1/s1. The van der Waals surface area contributed by atoms with Gasteiger partial charge in [-0.25, -0.2) is 4.79 Å². The number of benzene rings is 2. The van der Waals surface area contributed by atoms with Crippen LogP contribution in [0.4, 0.5) is 11.4 Å². The third kappa shape index (κ3) is 3.37. The molecule has 1 heterocycles. The fraction of sp³-hybridized carbons (Fsp3) is 0.238. The van der Waals surface area contributed by atoms with E-state index in [4.69, 9.17) is 4.74 Å². The van der Waals surface area contributed by atoms with Gasteiger partial charge in [0, 0.05) is 11.4 Å². The van der Waals surface area contributed by atoms with Crippen molar-refractivity contribution < 1.29 is 14.3 Å². The lowest BCUT2D eigenvalue weighted by Crippen LogP contribution is -2.52. The van der Waals surface area contributed by atoms with Crippen LogP contribution >= 0.6 is 15.9 Å². The quantitative estimate of drug-likeness (QED) is 0.717. The van der Waals surface area contributed by atoms with Crippen molar-refractivity contribution in [3.8, 4) is 0 Å². The van der Waals surface area contributed by atoms with Crippen molar-refractivity contribution in [1.29, 1.82) is 0 Å². The van der Waals surface area contributed by atoms with E-state index in [-0.39, 0.29) is 12.5 Å². The third-order valence-electron chi connectivity index (χ3n) is 4.52. The molecular formula is C21H21BrN2O3. The minimum Gasteiger partial charge on any atom is -0.464 e. The molecule has 0 aromatic heterocycles. The Morgan fingerprint density at radius 1 is 1.15 bits per heavy atom. The van der Waals surface area contributed by atoms with Crippen LogP contribution in [0, 0.1) is 6.92 Å². The van der Waals surface area contributed by atoms with E-state index in [0.717, 1.165) is 11.3 Å². The molecule has 0 fully saturated rings. The van der Waals surface area contributed by atoms with Crippen LogP contribution in [-0.4, -0.2) is 24.0 Å². The van der Waals surface area contributed by atoms with Gasteiger partial charge in [0.1, 0.15) is 5.70 Å². The van der Waals surface area contributed by atoms with Gasteiger partial charge in [-0.15, -0.1) is 0 Å². The first-order valence-corrected chi connectivity index (χ1v) is 9.49. The summed E-state index contributed by atoms with van der Waals surface area (Å²) in [7, 11) is 0. The van der Waals surface area contributed by atoms with E-state index in [2.05, 4.69) is 21.2 Å². The summed E-state index contributed by atoms with van der Waals surface area (Å²) in [6, 6.07) is 16.8. The highest BCUT2D eigenvalue weighted by atomic mass is 79.9. The van der Waals surface area contributed by atoms with Gasteiger partial charge in [0.25, 0.3) is 5.91 Å². The Labute approximate surface area is 167 Å². The predicted molar refractivity (Wildman–Crippen MR) is 110 cm³/mol. The van der Waals surface area contributed by atoms with Gasteiger partial charge < -0.3 is 10.1 Å². The van der Waals surface area contributed by atoms with Crippen molar-refractivity contribution in [3.05, 3.63) is 70.3 Å². The number of ether oxygens (including phenoxy) is 1. The summed E-state index contributed by atoms with van der Waals surface area (Å²) in [6.07, 6.45) is 0. The van der Waals surface area contributed by atoms with Crippen LogP contribution in [0.25, 0.3) is 0 Å². The zero-order valence-corrected chi connectivity index (χ0v) is 17.0. The number of carbonyl (C=O) groups is 2. The van der Waals surface area contributed by atoms with E-state index in [1.807, 2.05) is 49.4 Å². The number of amides is 1. The molecule has 0 aliphatic carbocycles. The molecule has 0 saturated carbocycles. The summed E-state index contributed by atoms with van der Waals surface area (Å²) in [5.41, 5.74) is 1.53. The molecular weight excluding hydrogens is 408 g/mol. The van der Waals surface area contributed by atoms with Crippen LogP contribution in [-0.2, 0) is 14.3 Å². The third-order valence-corrected chi connectivity index (χ3v) is 5.69. The molecule has 0 bridgehead atoms. The van der Waals surface area contributed by atoms with Gasteiger partial charge >= 0.3 is 5.97 Å². The number of halogens is 1. The second-order valence-electron chi connectivity index (χ2n) is 6.45. The summed E-state index contributed by atoms with van der Waals surface area (Å²) < 4.78 is 5.74. The normalized spacial score (nSPS) is 19.4. The first-order chi connectivity index (χ1) is 12.9. The van der Waals surface area contributed by atoms with E-state index in [1.54, 1.807) is 26.0 Å². The van der Waals surface area contributed by atoms with Crippen molar-refractivity contribution in [1.82, 2.24) is 0 Å². The van der Waals surface area contributed by atoms with Crippen LogP contribution in [0.15, 0.2) is 64.8 Å². The monoisotopic (exact) mass is 428 g/mol. The number of anilines is 2. The lowest BCUT2D eigenvalue weighted by molar-refractivity contribution is -0.147. The van der Waals surface area contributed by atoms with Gasteiger partial charge in [-0.1, -0.05) is 35.9 Å². The Morgan fingerprint density at radius 3 is 2.37 bits per heavy atom. The number of hydrogen-bond acceptors (Lipinski definition) is 4. The molecule has 1 aliphatic heterocycles. The van der Waals surface area contributed by atoms with Crippen LogP contribution in [0.1, 0.15) is 19.4 Å². The van der Waals surface area contributed by atoms with Crippen LogP contribution < -0.4 is 10.2 Å². The maximum Gasteiger partial charge on any atom is 0.337 e. The first-order valence-electron chi connectivity index (χ1n) is 8.70. The fourth-order valence-corrected chi connectivity index (χ4v) is 3.65. The smallest absolute Gasteiger partial charge is 0.337 e. The predicted octanol–water partition coefficient (Wildman–Crippen LogP) is 4.38. The molecule has 140 valence electrons. The number of aryl methyl sites for hydroxylation is 1. The van der Waals surface area contributed by atoms with Gasteiger partial charge in [0.15, 0.2) is 5.54 Å². The molecule has 1 N–H and O–H groups in total. The Bertz CT molecular complexity index is 893. The van der Waals surface area contributed by atoms with E-state index in [9.17, 15) is 9.59 Å². The van der Waals surface area contributed by atoms with Crippen molar-refractivity contribution in [2.24, 2.45) is 0 Å². The van der Waals surface area contributed by atoms with E-state index in [0.29, 0.717) is 15.9 Å². The number of carbonyl (C=O) groups excluding carboxylic acids is 2. The second kappa shape index (κ2) is 7.56. The SMILES string of the molecule is CCOC(=O)[C@@]1(C)C(Br)=C(Nc2ccc(C)cc2)C(=O)N1c1ccccc1. The van der Waals surface area contributed by atoms with Crippen molar-refractivity contribution in [2.45, 2.75) is 26.3 Å². The van der Waals surface area contributed by atoms with Gasteiger partial charge in [0.2, 0.25) is 0 Å². The van der Waals surface area contributed by atoms with Crippen molar-refractivity contribution in [3.63, 3.8) is 0 Å². The summed E-state index contributed by atoms with van der Waals surface area (Å²) in [5.74, 6) is -0.793. The minimum atomic E-state index is -1.29. The number of rotatable bonds is 5. The largest absolute Gasteiger partial charge is 0.464 e. The fourth-order valence-electron chi connectivity index (χ4n) is 3.04. The summed E-state index contributed by atoms with van der Waals surface area (Å²) in [5, 5.41) is 3.15. The molecule has 27 heavy (non-hydrogen) atoms. The minimum absolute atomic E-state index is 0.228. The number of esters is 1. The summed E-state index contributed by atoms with van der Waals surface area (Å²) in [6.45, 7) is 5.65. The Balaban J connectivity index is 2.07. The van der Waals surface area contributed by atoms with Gasteiger partial charge in [0.05, 0.1) is 11.1 Å². The molecule has 3 rings (SSSR count). The molecule has 2 aromatic carbocycles. The Morgan fingerprint density at radius 2 is 1.78 bits per heavy atom. The number of para-hydroxylation sites is 1. The molecule has 1 amide bonds. The molecule has 2 aromatic rings. The topological polar surface area (TPSA) is 58.6 Å². The molecule has 0 radical (unpaired) electrons. The summed E-state index contributed by atoms with van der Waals surface area (Å²) in [4.78, 5) is 27.6. The zero-order chi connectivity index (χ0) is 19.6. The Hall–Kier alpha value is -2.60. The first kappa shape index (κ1) is 19.2. The van der Waals surface area contributed by atoms with Gasteiger partial charge in [-0.2, -0.15) is 0 Å². The van der Waals surface area contributed by atoms with E-state index < -0.39 is 11.5 Å². The highest BCUT2D eigenvalue weighted by Gasteiger charge is 2.54. The molecule has 0 unspecified atom stereocenters. The van der Waals surface area contributed by atoms with Crippen molar-refractivity contribution >= 4 is 39.2 Å². The van der Waals surface area contributed by atoms with Crippen LogP contribution in [0.2, 0.25) is 0 Å². The molecule has 1 aliphatic rings. The highest BCUT2D eigenvalue weighted by molar-refractivity contribution is 9.11. The zero-order valence-electron chi connectivity index (χ0n) is 15.5. The second-order valence-corrected chi connectivity index (χ2v) is 7.24. The maximum absolute atomic E-state index is 13.3. The van der Waals surface area contributed by atoms with E-state index >= 15 is 0 Å². The lowest BCUT2D eigenvalue weighted by atomic mass is 10.0. The Kier molecular flexibility index (Phi) is 5.37. The average Bonchev–Trinajstić information content (AvgIpc) is 2.86.